The van der Waals surface area contributed by atoms with Crippen molar-refractivity contribution in [2.75, 3.05) is 0 Å². The van der Waals surface area contributed by atoms with Gasteiger partial charge in [-0.2, -0.15) is 0 Å². The molecular weight excluding hydrogens is 323 g/mol. The molecule has 3 rings (SSSR count). The number of carboxylic acids is 1. The van der Waals surface area contributed by atoms with Crippen LogP contribution >= 0.6 is 0 Å². The molecule has 0 aliphatic heterocycles. The number of hydrogen-bond donors (Lipinski definition) is 1. The van der Waals surface area contributed by atoms with Gasteiger partial charge in [0.1, 0.15) is 11.4 Å². The van der Waals surface area contributed by atoms with Gasteiger partial charge in [0.25, 0.3) is 0 Å². The third-order valence-electron chi connectivity index (χ3n) is 3.57. The van der Waals surface area contributed by atoms with E-state index in [9.17, 15) is 19.1 Å². The fourth-order valence-corrected chi connectivity index (χ4v) is 2.32. The lowest BCUT2D eigenvalue weighted by molar-refractivity contribution is 0.0695. The Bertz CT molecular complexity index is 993. The summed E-state index contributed by atoms with van der Waals surface area (Å²) in [5, 5.41) is 9.18. The summed E-state index contributed by atoms with van der Waals surface area (Å²) in [5.74, 6) is -1.72. The van der Waals surface area contributed by atoms with Crippen LogP contribution in [-0.2, 0) is 0 Å². The summed E-state index contributed by atoms with van der Waals surface area (Å²) in [7, 11) is 0. The molecule has 1 aromatic carbocycles. The molecule has 6 heteroatoms. The quantitative estimate of drug-likeness (QED) is 0.794. The van der Waals surface area contributed by atoms with E-state index in [1.807, 2.05) is 0 Å². The minimum Gasteiger partial charge on any atom is -0.477 e. The van der Waals surface area contributed by atoms with Crippen LogP contribution in [0.1, 0.15) is 21.6 Å². The standard InChI is InChI=1S/C19H13FN2O3/c20-14-2-5-15(6-3-14)22-12-17(19(24)25)18(23)11-16(22)4-1-13-7-9-21-10-8-13/h1-12H,(H,24,25). The van der Waals surface area contributed by atoms with Gasteiger partial charge in [0, 0.05) is 36.0 Å². The molecule has 0 unspecified atom stereocenters. The molecule has 1 N–H and O–H groups in total. The Labute approximate surface area is 142 Å². The molecule has 0 fully saturated rings. The first-order valence-electron chi connectivity index (χ1n) is 7.38. The Morgan fingerprint density at radius 1 is 1.08 bits per heavy atom. The molecule has 2 heterocycles. The highest BCUT2D eigenvalue weighted by Crippen LogP contribution is 2.15. The van der Waals surface area contributed by atoms with Crippen LogP contribution in [0, 0.1) is 5.82 Å². The van der Waals surface area contributed by atoms with Gasteiger partial charge in [0.05, 0.1) is 0 Å². The molecule has 0 radical (unpaired) electrons. The van der Waals surface area contributed by atoms with Gasteiger partial charge in [-0.05, 0) is 48.0 Å². The number of aromatic carboxylic acids is 1. The summed E-state index contributed by atoms with van der Waals surface area (Å²) in [4.78, 5) is 27.2. The number of pyridine rings is 2. The van der Waals surface area contributed by atoms with Crippen molar-refractivity contribution in [3.05, 3.63) is 93.9 Å². The van der Waals surface area contributed by atoms with E-state index in [0.717, 1.165) is 5.56 Å². The topological polar surface area (TPSA) is 72.2 Å². The van der Waals surface area contributed by atoms with Crippen LogP contribution in [0.5, 0.6) is 0 Å². The third-order valence-corrected chi connectivity index (χ3v) is 3.57. The lowest BCUT2D eigenvalue weighted by Gasteiger charge is -2.12. The molecule has 3 aromatic rings. The monoisotopic (exact) mass is 336 g/mol. The van der Waals surface area contributed by atoms with Gasteiger partial charge in [-0.25, -0.2) is 9.18 Å². The van der Waals surface area contributed by atoms with E-state index in [2.05, 4.69) is 4.98 Å². The predicted molar refractivity (Wildman–Crippen MR) is 92.1 cm³/mol. The van der Waals surface area contributed by atoms with Crippen molar-refractivity contribution in [3.8, 4) is 5.69 Å². The Kier molecular flexibility index (Phi) is 4.52. The molecule has 0 aliphatic rings. The average Bonchev–Trinajstić information content (AvgIpc) is 2.61. The van der Waals surface area contributed by atoms with Gasteiger partial charge < -0.3 is 9.67 Å². The Morgan fingerprint density at radius 2 is 1.76 bits per heavy atom. The molecule has 0 aliphatic carbocycles. The van der Waals surface area contributed by atoms with E-state index in [4.69, 9.17) is 0 Å². The van der Waals surface area contributed by atoms with Crippen molar-refractivity contribution in [3.63, 3.8) is 0 Å². The van der Waals surface area contributed by atoms with Crippen LogP contribution in [0.25, 0.3) is 17.8 Å². The minimum atomic E-state index is -1.31. The fraction of sp³-hybridized carbons (Fsp3) is 0. The van der Waals surface area contributed by atoms with E-state index >= 15 is 0 Å². The van der Waals surface area contributed by atoms with Crippen LogP contribution in [0.15, 0.2) is 65.8 Å². The Morgan fingerprint density at radius 3 is 2.40 bits per heavy atom. The second-order valence-corrected chi connectivity index (χ2v) is 5.24. The maximum absolute atomic E-state index is 13.2. The lowest BCUT2D eigenvalue weighted by atomic mass is 10.1. The van der Waals surface area contributed by atoms with Crippen LogP contribution < -0.4 is 5.43 Å². The summed E-state index contributed by atoms with van der Waals surface area (Å²) < 4.78 is 14.7. The summed E-state index contributed by atoms with van der Waals surface area (Å²) in [6, 6.07) is 10.4. The molecule has 0 saturated carbocycles. The molecule has 0 spiro atoms. The van der Waals surface area contributed by atoms with E-state index < -0.39 is 17.2 Å². The van der Waals surface area contributed by atoms with Crippen molar-refractivity contribution in [1.82, 2.24) is 9.55 Å². The molecule has 124 valence electrons. The van der Waals surface area contributed by atoms with Gasteiger partial charge >= 0.3 is 5.97 Å². The molecule has 0 atom stereocenters. The fourth-order valence-electron chi connectivity index (χ4n) is 2.32. The third kappa shape index (κ3) is 3.69. The number of hydrogen-bond acceptors (Lipinski definition) is 3. The maximum Gasteiger partial charge on any atom is 0.341 e. The van der Waals surface area contributed by atoms with E-state index in [1.54, 1.807) is 36.7 Å². The van der Waals surface area contributed by atoms with Crippen LogP contribution in [0.4, 0.5) is 4.39 Å². The zero-order valence-corrected chi connectivity index (χ0v) is 13.0. The van der Waals surface area contributed by atoms with Crippen LogP contribution in [-0.4, -0.2) is 20.6 Å². The summed E-state index contributed by atoms with van der Waals surface area (Å²) >= 11 is 0. The van der Waals surface area contributed by atoms with Crippen molar-refractivity contribution in [2.45, 2.75) is 0 Å². The average molecular weight is 336 g/mol. The van der Waals surface area contributed by atoms with Gasteiger partial charge in [0.2, 0.25) is 0 Å². The zero-order chi connectivity index (χ0) is 17.8. The van der Waals surface area contributed by atoms with Crippen molar-refractivity contribution >= 4 is 18.1 Å². The molecule has 0 amide bonds. The van der Waals surface area contributed by atoms with E-state index in [0.29, 0.717) is 11.4 Å². The molecular formula is C19H13FN2O3. The SMILES string of the molecule is O=C(O)c1cn(-c2ccc(F)cc2)c(C=Cc2ccncc2)cc1=O. The number of rotatable bonds is 4. The van der Waals surface area contributed by atoms with Gasteiger partial charge in [-0.1, -0.05) is 6.08 Å². The first-order valence-corrected chi connectivity index (χ1v) is 7.38. The highest BCUT2D eigenvalue weighted by Gasteiger charge is 2.12. The number of carboxylic acid groups (broad SMARTS) is 1. The molecule has 2 aromatic heterocycles. The second kappa shape index (κ2) is 6.92. The van der Waals surface area contributed by atoms with E-state index in [-0.39, 0.29) is 5.56 Å². The van der Waals surface area contributed by atoms with E-state index in [1.165, 1.54) is 41.1 Å². The largest absolute Gasteiger partial charge is 0.477 e. The maximum atomic E-state index is 13.2. The number of halogens is 1. The molecule has 5 nitrogen and oxygen atoms in total. The number of benzene rings is 1. The van der Waals surface area contributed by atoms with Gasteiger partial charge in [0.15, 0.2) is 5.43 Å². The first kappa shape index (κ1) is 16.3. The molecule has 0 saturated heterocycles. The molecule has 25 heavy (non-hydrogen) atoms. The lowest BCUT2D eigenvalue weighted by Crippen LogP contribution is -2.18. The number of nitrogens with zero attached hydrogens (tertiary/aromatic N) is 2. The highest BCUT2D eigenvalue weighted by atomic mass is 19.1. The van der Waals surface area contributed by atoms with Crippen LogP contribution in [0.3, 0.4) is 0 Å². The summed E-state index contributed by atoms with van der Waals surface area (Å²) in [6.45, 7) is 0. The zero-order valence-electron chi connectivity index (χ0n) is 13.0. The molecule has 0 bridgehead atoms. The van der Waals surface area contributed by atoms with Crippen molar-refractivity contribution in [1.29, 1.82) is 0 Å². The number of aromatic nitrogens is 2. The summed E-state index contributed by atoms with van der Waals surface area (Å²) in [5.41, 5.74) is 0.928. The Balaban J connectivity index is 2.14. The van der Waals surface area contributed by atoms with Gasteiger partial charge in [-0.3, -0.25) is 9.78 Å². The second-order valence-electron chi connectivity index (χ2n) is 5.24. The highest BCUT2D eigenvalue weighted by molar-refractivity contribution is 5.87. The Hall–Kier alpha value is -3.54. The van der Waals surface area contributed by atoms with Crippen LogP contribution in [0.2, 0.25) is 0 Å². The minimum absolute atomic E-state index is 0.356. The van der Waals surface area contributed by atoms with Crippen molar-refractivity contribution < 1.29 is 14.3 Å². The number of carbonyl (C=O) groups is 1. The first-order chi connectivity index (χ1) is 12.0. The predicted octanol–water partition coefficient (Wildman–Crippen LogP) is 3.24. The summed E-state index contributed by atoms with van der Waals surface area (Å²) in [6.07, 6.45) is 7.98. The normalized spacial score (nSPS) is 10.9. The smallest absolute Gasteiger partial charge is 0.341 e. The van der Waals surface area contributed by atoms with Crippen molar-refractivity contribution in [2.24, 2.45) is 0 Å². The van der Waals surface area contributed by atoms with Gasteiger partial charge in [-0.15, -0.1) is 0 Å².